The Morgan fingerprint density at radius 3 is 2.62 bits per heavy atom. The number of nitrogens with one attached hydrogen (secondary N) is 1. The van der Waals surface area contributed by atoms with Crippen molar-refractivity contribution in [3.8, 4) is 0 Å². The van der Waals surface area contributed by atoms with E-state index in [1.807, 2.05) is 24.5 Å². The van der Waals surface area contributed by atoms with Crippen molar-refractivity contribution in [3.05, 3.63) is 46.8 Å². The molecule has 0 radical (unpaired) electrons. The van der Waals surface area contributed by atoms with Crippen molar-refractivity contribution in [1.29, 1.82) is 0 Å². The number of thiophene rings is 1. The molecule has 1 saturated heterocycles. The SMILES string of the molecule is CSc1ccccc1C(=O)NCc1ccc(S(=O)(=O)N2CCCCC2)s1. The van der Waals surface area contributed by atoms with Crippen molar-refractivity contribution in [2.45, 2.75) is 34.9 Å². The van der Waals surface area contributed by atoms with Gasteiger partial charge in [0, 0.05) is 22.9 Å². The molecule has 1 amide bonds. The molecular formula is C18H22N2O3S3. The zero-order chi connectivity index (χ0) is 18.6. The minimum Gasteiger partial charge on any atom is -0.347 e. The van der Waals surface area contributed by atoms with E-state index < -0.39 is 10.0 Å². The van der Waals surface area contributed by atoms with E-state index in [-0.39, 0.29) is 5.91 Å². The molecule has 5 nitrogen and oxygen atoms in total. The Kier molecular flexibility index (Phi) is 6.39. The number of hydrogen-bond donors (Lipinski definition) is 1. The van der Waals surface area contributed by atoms with Crippen LogP contribution in [0.25, 0.3) is 0 Å². The predicted octanol–water partition coefficient (Wildman–Crippen LogP) is 3.57. The first kappa shape index (κ1) is 19.4. The van der Waals surface area contributed by atoms with Crippen molar-refractivity contribution in [2.75, 3.05) is 19.3 Å². The van der Waals surface area contributed by atoms with Crippen LogP contribution in [0.2, 0.25) is 0 Å². The van der Waals surface area contributed by atoms with E-state index in [4.69, 9.17) is 0 Å². The fraction of sp³-hybridized carbons (Fsp3) is 0.389. The standard InChI is InChI=1S/C18H22N2O3S3/c1-24-16-8-4-3-7-15(16)18(21)19-13-14-9-10-17(25-14)26(22,23)20-11-5-2-6-12-20/h3-4,7-10H,2,5-6,11-13H2,1H3,(H,19,21). The van der Waals surface area contributed by atoms with Gasteiger partial charge in [-0.15, -0.1) is 23.1 Å². The van der Waals surface area contributed by atoms with E-state index >= 15 is 0 Å². The average molecular weight is 411 g/mol. The van der Waals surface area contributed by atoms with Gasteiger partial charge in [-0.25, -0.2) is 8.42 Å². The number of thioether (sulfide) groups is 1. The Morgan fingerprint density at radius 1 is 1.15 bits per heavy atom. The van der Waals surface area contributed by atoms with Gasteiger partial charge in [0.15, 0.2) is 0 Å². The molecule has 0 saturated carbocycles. The van der Waals surface area contributed by atoms with Crippen LogP contribution in [0.15, 0.2) is 45.5 Å². The van der Waals surface area contributed by atoms with E-state index in [0.29, 0.717) is 29.4 Å². The van der Waals surface area contributed by atoms with Gasteiger partial charge in [-0.2, -0.15) is 4.31 Å². The van der Waals surface area contributed by atoms with Crippen molar-refractivity contribution in [2.24, 2.45) is 0 Å². The Morgan fingerprint density at radius 2 is 1.88 bits per heavy atom. The van der Waals surface area contributed by atoms with Gasteiger partial charge in [0.2, 0.25) is 0 Å². The molecule has 3 rings (SSSR count). The third kappa shape index (κ3) is 4.31. The third-order valence-corrected chi connectivity index (χ3v) is 8.57. The van der Waals surface area contributed by atoms with Crippen LogP contribution in [0.3, 0.4) is 0 Å². The molecule has 1 aromatic heterocycles. The van der Waals surface area contributed by atoms with E-state index in [2.05, 4.69) is 5.32 Å². The molecule has 8 heteroatoms. The van der Waals surface area contributed by atoms with Crippen LogP contribution in [0.4, 0.5) is 0 Å². The number of piperidine rings is 1. The monoisotopic (exact) mass is 410 g/mol. The molecule has 0 bridgehead atoms. The molecule has 0 aliphatic carbocycles. The lowest BCUT2D eigenvalue weighted by Crippen LogP contribution is -2.35. The maximum Gasteiger partial charge on any atom is 0.252 e. The maximum atomic E-state index is 12.7. The molecule has 1 N–H and O–H groups in total. The zero-order valence-corrected chi connectivity index (χ0v) is 17.1. The fourth-order valence-electron chi connectivity index (χ4n) is 2.92. The number of sulfonamides is 1. The molecule has 1 fully saturated rings. The number of amides is 1. The van der Waals surface area contributed by atoms with Gasteiger partial charge in [-0.3, -0.25) is 4.79 Å². The molecule has 2 aromatic rings. The highest BCUT2D eigenvalue weighted by Crippen LogP contribution is 2.27. The van der Waals surface area contributed by atoms with Crippen LogP contribution >= 0.6 is 23.1 Å². The van der Waals surface area contributed by atoms with E-state index in [9.17, 15) is 13.2 Å². The lowest BCUT2D eigenvalue weighted by Gasteiger charge is -2.25. The molecule has 140 valence electrons. The van der Waals surface area contributed by atoms with Crippen LogP contribution in [0.5, 0.6) is 0 Å². The minimum absolute atomic E-state index is 0.149. The summed E-state index contributed by atoms with van der Waals surface area (Å²) < 4.78 is 27.3. The molecule has 0 unspecified atom stereocenters. The Labute approximate surface area is 162 Å². The van der Waals surface area contributed by atoms with Gasteiger partial charge < -0.3 is 5.32 Å². The van der Waals surface area contributed by atoms with Crippen LogP contribution in [0.1, 0.15) is 34.5 Å². The molecule has 2 heterocycles. The number of carbonyl (C=O) groups is 1. The summed E-state index contributed by atoms with van der Waals surface area (Å²) in [4.78, 5) is 14.2. The second-order valence-corrected chi connectivity index (χ2v) is 10.2. The minimum atomic E-state index is -3.41. The number of carbonyl (C=O) groups excluding carboxylic acids is 1. The summed E-state index contributed by atoms with van der Waals surface area (Å²) in [6.07, 6.45) is 4.86. The predicted molar refractivity (Wildman–Crippen MR) is 106 cm³/mol. The second kappa shape index (κ2) is 8.56. The highest BCUT2D eigenvalue weighted by molar-refractivity contribution is 7.98. The van der Waals surface area contributed by atoms with Gasteiger partial charge in [-0.05, 0) is 43.4 Å². The van der Waals surface area contributed by atoms with Gasteiger partial charge >= 0.3 is 0 Å². The van der Waals surface area contributed by atoms with Crippen LogP contribution < -0.4 is 5.32 Å². The highest BCUT2D eigenvalue weighted by atomic mass is 32.2. The first-order chi connectivity index (χ1) is 12.5. The first-order valence-corrected chi connectivity index (χ1v) is 12.0. The molecule has 1 aliphatic heterocycles. The van der Waals surface area contributed by atoms with Crippen molar-refractivity contribution >= 4 is 39.0 Å². The highest BCUT2D eigenvalue weighted by Gasteiger charge is 2.27. The average Bonchev–Trinajstić information content (AvgIpc) is 3.16. The Balaban J connectivity index is 1.66. The molecule has 0 atom stereocenters. The Bertz CT molecular complexity index is 871. The molecule has 0 spiro atoms. The van der Waals surface area contributed by atoms with Crippen molar-refractivity contribution < 1.29 is 13.2 Å². The van der Waals surface area contributed by atoms with Gasteiger partial charge in [0.1, 0.15) is 4.21 Å². The fourth-order valence-corrected chi connectivity index (χ4v) is 6.48. The smallest absolute Gasteiger partial charge is 0.252 e. The van der Waals surface area contributed by atoms with Gasteiger partial charge in [-0.1, -0.05) is 18.6 Å². The summed E-state index contributed by atoms with van der Waals surface area (Å²) in [5, 5.41) is 2.88. The van der Waals surface area contributed by atoms with Crippen LogP contribution in [0, 0.1) is 0 Å². The van der Waals surface area contributed by atoms with E-state index in [0.717, 1.165) is 29.0 Å². The number of rotatable bonds is 6. The topological polar surface area (TPSA) is 66.5 Å². The lowest BCUT2D eigenvalue weighted by atomic mass is 10.2. The second-order valence-electron chi connectivity index (χ2n) is 6.07. The lowest BCUT2D eigenvalue weighted by molar-refractivity contribution is 0.0948. The largest absolute Gasteiger partial charge is 0.347 e. The molecule has 26 heavy (non-hydrogen) atoms. The summed E-state index contributed by atoms with van der Waals surface area (Å²) in [7, 11) is -3.41. The first-order valence-electron chi connectivity index (χ1n) is 8.52. The Hall–Kier alpha value is -1.35. The number of hydrogen-bond acceptors (Lipinski definition) is 5. The van der Waals surface area contributed by atoms with Crippen molar-refractivity contribution in [3.63, 3.8) is 0 Å². The zero-order valence-electron chi connectivity index (χ0n) is 14.6. The van der Waals surface area contributed by atoms with Crippen LogP contribution in [-0.2, 0) is 16.6 Å². The summed E-state index contributed by atoms with van der Waals surface area (Å²) in [5.74, 6) is -0.149. The van der Waals surface area contributed by atoms with Gasteiger partial charge in [0.25, 0.3) is 15.9 Å². The quantitative estimate of drug-likeness (QED) is 0.739. The third-order valence-electron chi connectivity index (χ3n) is 4.32. The summed E-state index contributed by atoms with van der Waals surface area (Å²) in [5.41, 5.74) is 0.637. The summed E-state index contributed by atoms with van der Waals surface area (Å²) >= 11 is 2.76. The summed E-state index contributed by atoms with van der Waals surface area (Å²) in [6.45, 7) is 1.51. The van der Waals surface area contributed by atoms with E-state index in [1.165, 1.54) is 23.1 Å². The molecule has 1 aliphatic rings. The van der Waals surface area contributed by atoms with Gasteiger partial charge in [0.05, 0.1) is 12.1 Å². The van der Waals surface area contributed by atoms with E-state index in [1.54, 1.807) is 22.5 Å². The number of nitrogens with zero attached hydrogens (tertiary/aromatic N) is 1. The molecule has 1 aromatic carbocycles. The van der Waals surface area contributed by atoms with Crippen LogP contribution in [-0.4, -0.2) is 38.0 Å². The normalized spacial score (nSPS) is 15.7. The maximum absolute atomic E-state index is 12.7. The van der Waals surface area contributed by atoms with Crippen molar-refractivity contribution in [1.82, 2.24) is 9.62 Å². The number of benzene rings is 1. The summed E-state index contributed by atoms with van der Waals surface area (Å²) in [6, 6.07) is 10.9. The molecular weight excluding hydrogens is 388 g/mol.